The molecule has 6 rings (SSSR count). The zero-order valence-corrected chi connectivity index (χ0v) is 42.7. The number of rotatable bonds is 24. The van der Waals surface area contributed by atoms with Crippen molar-refractivity contribution in [3.05, 3.63) is 88.0 Å². The fraction of sp³-hybridized carbons (Fsp3) is 0.667. The highest BCUT2D eigenvalue weighted by Crippen LogP contribution is 2.23. The smallest absolute Gasteiger partial charge is 0.407 e. The standard InChI is InChI=1S/C19H29BF2O2.C18H27BF2O2.C17H25BF2O2/c1-3-5-6-7-8-10-15-13-23-20(24-14-15)17-12-11-16(9-4-2)18(21)19(17)22;1-3-5-6-7-9-14-12-22-19(23-13-14)16-11-10-15(8-4-2)17(20)18(16)21;1-3-5-6-8-13-11-21-18(22-12-13)15-10-9-14(7-4-2)16(19)17(15)20/h11-12,15H,3-10,13-14H2,1-2H3;10-11,14H,3-9,12-13H2,1-2H3;9-10,13H,3-8,11-12H2,1-2H3. The van der Waals surface area contributed by atoms with Crippen LogP contribution in [-0.2, 0) is 47.2 Å². The van der Waals surface area contributed by atoms with Crippen LogP contribution in [0.1, 0.15) is 174 Å². The molecule has 0 aliphatic carbocycles. The summed E-state index contributed by atoms with van der Waals surface area (Å²) >= 11 is 0. The first-order chi connectivity index (χ1) is 33.5. The molecule has 3 aliphatic heterocycles. The molecule has 0 aromatic heterocycles. The number of aryl methyl sites for hydroxylation is 3. The Morgan fingerprint density at radius 2 is 0.580 bits per heavy atom. The van der Waals surface area contributed by atoms with Crippen molar-refractivity contribution in [1.29, 1.82) is 0 Å². The van der Waals surface area contributed by atoms with Gasteiger partial charge in [0.05, 0.1) is 0 Å². The van der Waals surface area contributed by atoms with Crippen LogP contribution >= 0.6 is 0 Å². The van der Waals surface area contributed by atoms with Crippen molar-refractivity contribution in [2.45, 2.75) is 176 Å². The predicted molar refractivity (Wildman–Crippen MR) is 270 cm³/mol. The van der Waals surface area contributed by atoms with E-state index < -0.39 is 56.3 Å². The van der Waals surface area contributed by atoms with Gasteiger partial charge in [0.1, 0.15) is 0 Å². The summed E-state index contributed by atoms with van der Waals surface area (Å²) in [7, 11) is -2.36. The Kier molecular flexibility index (Phi) is 28.1. The van der Waals surface area contributed by atoms with E-state index in [0.29, 0.717) is 93.3 Å². The first-order valence-corrected chi connectivity index (χ1v) is 26.6. The third-order valence-corrected chi connectivity index (χ3v) is 13.2. The fourth-order valence-corrected chi connectivity index (χ4v) is 8.99. The SMILES string of the molecule is CCCCCC1COB(c2ccc(CCC)c(F)c2F)OC1.CCCCCCC1COB(c2ccc(CCC)c(F)c2F)OC1.CCCCCCCC1COB(c2ccc(CCC)c(F)c2F)OC1. The normalized spacial score (nSPS) is 16.1. The number of halogens is 6. The van der Waals surface area contributed by atoms with Crippen molar-refractivity contribution >= 4 is 37.7 Å². The Labute approximate surface area is 412 Å². The van der Waals surface area contributed by atoms with Gasteiger partial charge in [0.25, 0.3) is 0 Å². The minimum atomic E-state index is -0.833. The van der Waals surface area contributed by atoms with Crippen LogP contribution in [0.25, 0.3) is 0 Å². The first kappa shape index (κ1) is 58.8. The van der Waals surface area contributed by atoms with Gasteiger partial charge in [-0.1, -0.05) is 174 Å². The molecule has 69 heavy (non-hydrogen) atoms. The third-order valence-electron chi connectivity index (χ3n) is 13.2. The molecule has 15 heteroatoms. The van der Waals surface area contributed by atoms with E-state index >= 15 is 0 Å². The highest BCUT2D eigenvalue weighted by Gasteiger charge is 2.35. The molecular formula is C54H81B3F6O6. The number of unbranched alkanes of at least 4 members (excludes halogenated alkanes) is 9. The van der Waals surface area contributed by atoms with Gasteiger partial charge in [-0.25, -0.2) is 26.3 Å². The van der Waals surface area contributed by atoms with E-state index in [-0.39, 0.29) is 16.4 Å². The Balaban J connectivity index is 0.000000226. The molecule has 3 aliphatic rings. The minimum absolute atomic E-state index is 0.171. The molecule has 384 valence electrons. The molecule has 3 fully saturated rings. The van der Waals surface area contributed by atoms with Crippen LogP contribution in [0.2, 0.25) is 0 Å². The summed E-state index contributed by atoms with van der Waals surface area (Å²) in [5.41, 5.74) is 1.76. The average Bonchev–Trinajstić information content (AvgIpc) is 3.36. The summed E-state index contributed by atoms with van der Waals surface area (Å²) in [6.45, 7) is 15.7. The van der Waals surface area contributed by atoms with Crippen LogP contribution in [0.15, 0.2) is 36.4 Å². The molecule has 0 unspecified atom stereocenters. The van der Waals surface area contributed by atoms with Crippen LogP contribution in [0.4, 0.5) is 26.3 Å². The summed E-state index contributed by atoms with van der Waals surface area (Å²) in [6.07, 6.45) is 21.8. The van der Waals surface area contributed by atoms with Crippen LogP contribution < -0.4 is 16.4 Å². The monoisotopic (exact) mass is 973 g/mol. The Morgan fingerprint density at radius 3 is 0.855 bits per heavy atom. The lowest BCUT2D eigenvalue weighted by Gasteiger charge is -2.27. The minimum Gasteiger partial charge on any atom is -0.407 e. The molecular weight excluding hydrogens is 891 g/mol. The number of hydrogen-bond acceptors (Lipinski definition) is 6. The van der Waals surface area contributed by atoms with E-state index in [1.54, 1.807) is 36.4 Å². The summed E-state index contributed by atoms with van der Waals surface area (Å²) in [4.78, 5) is 0. The fourth-order valence-electron chi connectivity index (χ4n) is 8.99. The van der Waals surface area contributed by atoms with Crippen molar-refractivity contribution in [2.24, 2.45) is 17.8 Å². The lowest BCUT2D eigenvalue weighted by atomic mass is 9.76. The van der Waals surface area contributed by atoms with Crippen molar-refractivity contribution in [1.82, 2.24) is 0 Å². The molecule has 0 bridgehead atoms. The zero-order valence-electron chi connectivity index (χ0n) is 42.7. The van der Waals surface area contributed by atoms with Crippen LogP contribution in [-0.4, -0.2) is 61.0 Å². The Bertz CT molecular complexity index is 1890. The van der Waals surface area contributed by atoms with Crippen molar-refractivity contribution in [3.8, 4) is 0 Å². The van der Waals surface area contributed by atoms with Gasteiger partial charge >= 0.3 is 21.4 Å². The molecule has 3 aromatic rings. The largest absolute Gasteiger partial charge is 0.497 e. The maximum absolute atomic E-state index is 14.3. The third kappa shape index (κ3) is 19.0. The van der Waals surface area contributed by atoms with Gasteiger partial charge < -0.3 is 27.9 Å². The molecule has 0 amide bonds. The van der Waals surface area contributed by atoms with E-state index in [1.165, 1.54) is 70.6 Å². The topological polar surface area (TPSA) is 55.4 Å². The predicted octanol–water partition coefficient (Wildman–Crippen LogP) is 12.7. The van der Waals surface area contributed by atoms with Crippen LogP contribution in [0, 0.1) is 52.7 Å². The molecule has 3 aromatic carbocycles. The second kappa shape index (κ2) is 33.0. The van der Waals surface area contributed by atoms with Crippen molar-refractivity contribution in [2.75, 3.05) is 39.6 Å². The van der Waals surface area contributed by atoms with E-state index in [2.05, 4.69) is 20.8 Å². The average molecular weight is 973 g/mol. The van der Waals surface area contributed by atoms with Gasteiger partial charge in [0.2, 0.25) is 0 Å². The van der Waals surface area contributed by atoms with E-state index in [4.69, 9.17) is 27.9 Å². The maximum atomic E-state index is 14.3. The van der Waals surface area contributed by atoms with Crippen molar-refractivity contribution in [3.63, 3.8) is 0 Å². The lowest BCUT2D eigenvalue weighted by Crippen LogP contribution is -2.46. The lowest BCUT2D eigenvalue weighted by molar-refractivity contribution is 0.0804. The quantitative estimate of drug-likeness (QED) is 0.0506. The van der Waals surface area contributed by atoms with Gasteiger partial charge in [0, 0.05) is 73.8 Å². The van der Waals surface area contributed by atoms with E-state index in [1.807, 2.05) is 20.8 Å². The van der Waals surface area contributed by atoms with Crippen LogP contribution in [0.3, 0.4) is 0 Å². The zero-order chi connectivity index (χ0) is 50.0. The number of hydrogen-bond donors (Lipinski definition) is 0. The van der Waals surface area contributed by atoms with Gasteiger partial charge in [0.15, 0.2) is 34.9 Å². The molecule has 0 spiro atoms. The molecule has 0 atom stereocenters. The molecule has 0 saturated carbocycles. The maximum Gasteiger partial charge on any atom is 0.497 e. The van der Waals surface area contributed by atoms with E-state index in [9.17, 15) is 26.3 Å². The summed E-state index contributed by atoms with van der Waals surface area (Å²) < 4.78 is 119. The molecule has 6 nitrogen and oxygen atoms in total. The Hall–Kier alpha value is -2.81. The molecule has 0 N–H and O–H groups in total. The van der Waals surface area contributed by atoms with E-state index in [0.717, 1.165) is 44.9 Å². The van der Waals surface area contributed by atoms with Gasteiger partial charge in [-0.15, -0.1) is 0 Å². The summed E-state index contributed by atoms with van der Waals surface area (Å²) in [5.74, 6) is -3.72. The second-order valence-electron chi connectivity index (χ2n) is 19.2. The van der Waals surface area contributed by atoms with Gasteiger partial charge in [-0.05, 0) is 55.2 Å². The Morgan fingerprint density at radius 1 is 0.333 bits per heavy atom. The van der Waals surface area contributed by atoms with Gasteiger partial charge in [-0.3, -0.25) is 0 Å². The summed E-state index contributed by atoms with van der Waals surface area (Å²) in [5, 5.41) is 0. The molecule has 3 heterocycles. The second-order valence-corrected chi connectivity index (χ2v) is 19.2. The molecule has 0 radical (unpaired) electrons. The van der Waals surface area contributed by atoms with Gasteiger partial charge in [-0.2, -0.15) is 0 Å². The highest BCUT2D eigenvalue weighted by molar-refractivity contribution is 6.62. The highest BCUT2D eigenvalue weighted by atomic mass is 19.2. The van der Waals surface area contributed by atoms with Crippen molar-refractivity contribution < 1.29 is 54.3 Å². The molecule has 3 saturated heterocycles. The number of benzene rings is 3. The summed E-state index contributed by atoms with van der Waals surface area (Å²) in [6, 6.07) is 9.70. The first-order valence-electron chi connectivity index (χ1n) is 26.6. The van der Waals surface area contributed by atoms with Crippen LogP contribution in [0.5, 0.6) is 0 Å².